The van der Waals surface area contributed by atoms with Crippen LogP contribution in [0.3, 0.4) is 0 Å². The molecule has 2 heteroatoms. The first kappa shape index (κ1) is 11.6. The van der Waals surface area contributed by atoms with E-state index in [1.807, 2.05) is 0 Å². The van der Waals surface area contributed by atoms with Gasteiger partial charge >= 0.3 is 0 Å². The average Bonchev–Trinajstić information content (AvgIpc) is 2.27. The Morgan fingerprint density at radius 2 is 1.88 bits per heavy atom. The van der Waals surface area contributed by atoms with Crippen molar-refractivity contribution in [2.24, 2.45) is 5.73 Å². The number of hydrogen-bond acceptors (Lipinski definition) is 1. The molecule has 0 radical (unpaired) electrons. The second-order valence-corrected chi connectivity index (χ2v) is 5.19. The predicted octanol–water partition coefficient (Wildman–Crippen LogP) is 4.18. The van der Waals surface area contributed by atoms with Crippen molar-refractivity contribution in [3.63, 3.8) is 0 Å². The second kappa shape index (κ2) is 4.56. The number of halogens is 1. The predicted molar refractivity (Wildman–Crippen MR) is 73.6 cm³/mol. The molecule has 0 saturated carbocycles. The first-order chi connectivity index (χ1) is 7.65. The highest BCUT2D eigenvalue weighted by atomic mass is 79.9. The Labute approximate surface area is 105 Å². The van der Waals surface area contributed by atoms with Gasteiger partial charge in [-0.15, -0.1) is 0 Å². The van der Waals surface area contributed by atoms with E-state index in [9.17, 15) is 0 Å². The van der Waals surface area contributed by atoms with Crippen LogP contribution in [0.4, 0.5) is 0 Å². The number of benzene rings is 2. The fourth-order valence-electron chi connectivity index (χ4n) is 2.25. The van der Waals surface area contributed by atoms with Crippen LogP contribution in [0.15, 0.2) is 34.8 Å². The maximum atomic E-state index is 5.81. The van der Waals surface area contributed by atoms with Gasteiger partial charge in [0.1, 0.15) is 0 Å². The second-order valence-electron chi connectivity index (χ2n) is 4.33. The van der Waals surface area contributed by atoms with E-state index in [1.54, 1.807) is 0 Å². The highest BCUT2D eigenvalue weighted by molar-refractivity contribution is 9.10. The van der Waals surface area contributed by atoms with Crippen LogP contribution in [0.1, 0.15) is 30.9 Å². The summed E-state index contributed by atoms with van der Waals surface area (Å²) < 4.78 is 1.15. The van der Waals surface area contributed by atoms with Gasteiger partial charge < -0.3 is 5.73 Å². The summed E-state index contributed by atoms with van der Waals surface area (Å²) in [5.41, 5.74) is 8.43. The lowest BCUT2D eigenvalue weighted by Crippen LogP contribution is -2.03. The Hall–Kier alpha value is -0.860. The van der Waals surface area contributed by atoms with Crippen molar-refractivity contribution in [2.75, 3.05) is 0 Å². The Balaban J connectivity index is 2.84. The molecule has 0 heterocycles. The molecule has 84 valence electrons. The fourth-order valence-corrected chi connectivity index (χ4v) is 2.75. The van der Waals surface area contributed by atoms with Gasteiger partial charge in [0.05, 0.1) is 0 Å². The quantitative estimate of drug-likeness (QED) is 0.876. The lowest BCUT2D eigenvalue weighted by Gasteiger charge is -2.15. The molecule has 0 bridgehead atoms. The minimum absolute atomic E-state index is 0.497. The normalized spacial score (nSPS) is 11.3. The largest absolute Gasteiger partial charge is 0.326 e. The highest BCUT2D eigenvalue weighted by Crippen LogP contribution is 2.32. The van der Waals surface area contributed by atoms with Crippen LogP contribution in [-0.4, -0.2) is 0 Å². The SMILES string of the molecule is CC(C)c1c(CN)ccc2c(Br)cccc12. The molecule has 0 atom stereocenters. The van der Waals surface area contributed by atoms with Gasteiger partial charge in [0.15, 0.2) is 0 Å². The zero-order valence-corrected chi connectivity index (χ0v) is 11.2. The van der Waals surface area contributed by atoms with Gasteiger partial charge in [-0.05, 0) is 33.9 Å². The summed E-state index contributed by atoms with van der Waals surface area (Å²) in [6.07, 6.45) is 0. The van der Waals surface area contributed by atoms with Gasteiger partial charge in [0.2, 0.25) is 0 Å². The van der Waals surface area contributed by atoms with Crippen LogP contribution >= 0.6 is 15.9 Å². The van der Waals surface area contributed by atoms with E-state index in [2.05, 4.69) is 60.1 Å². The molecule has 16 heavy (non-hydrogen) atoms. The number of nitrogens with two attached hydrogens (primary N) is 1. The number of hydrogen-bond donors (Lipinski definition) is 1. The van der Waals surface area contributed by atoms with E-state index >= 15 is 0 Å². The van der Waals surface area contributed by atoms with Crippen LogP contribution in [0, 0.1) is 0 Å². The van der Waals surface area contributed by atoms with E-state index in [1.165, 1.54) is 21.9 Å². The molecule has 2 aromatic carbocycles. The third kappa shape index (κ3) is 1.87. The summed E-state index contributed by atoms with van der Waals surface area (Å²) in [6.45, 7) is 5.04. The lowest BCUT2D eigenvalue weighted by atomic mass is 9.91. The van der Waals surface area contributed by atoms with Crippen molar-refractivity contribution in [1.82, 2.24) is 0 Å². The Kier molecular flexibility index (Phi) is 3.31. The maximum absolute atomic E-state index is 5.81. The van der Waals surface area contributed by atoms with Crippen LogP contribution < -0.4 is 5.73 Å². The average molecular weight is 278 g/mol. The van der Waals surface area contributed by atoms with Crippen molar-refractivity contribution < 1.29 is 0 Å². The molecule has 2 aromatic rings. The monoisotopic (exact) mass is 277 g/mol. The Morgan fingerprint density at radius 3 is 2.50 bits per heavy atom. The van der Waals surface area contributed by atoms with Crippen molar-refractivity contribution in [2.45, 2.75) is 26.3 Å². The topological polar surface area (TPSA) is 26.0 Å². The molecule has 2 rings (SSSR count). The van der Waals surface area contributed by atoms with Crippen LogP contribution in [0.25, 0.3) is 10.8 Å². The van der Waals surface area contributed by atoms with Gasteiger partial charge in [-0.1, -0.05) is 54.0 Å². The standard InChI is InChI=1S/C14H16BrN/c1-9(2)14-10(8-16)6-7-11-12(14)4-3-5-13(11)15/h3-7,9H,8,16H2,1-2H3. The molecule has 0 spiro atoms. The maximum Gasteiger partial charge on any atom is 0.0253 e. The van der Waals surface area contributed by atoms with Gasteiger partial charge in [-0.3, -0.25) is 0 Å². The summed E-state index contributed by atoms with van der Waals surface area (Å²) >= 11 is 3.60. The molecule has 0 aliphatic carbocycles. The van der Waals surface area contributed by atoms with E-state index in [0.717, 1.165) is 4.47 Å². The van der Waals surface area contributed by atoms with Crippen molar-refractivity contribution in [3.05, 3.63) is 45.9 Å². The first-order valence-electron chi connectivity index (χ1n) is 5.55. The van der Waals surface area contributed by atoms with Gasteiger partial charge in [0.25, 0.3) is 0 Å². The van der Waals surface area contributed by atoms with E-state index < -0.39 is 0 Å². The minimum atomic E-state index is 0.497. The summed E-state index contributed by atoms with van der Waals surface area (Å²) in [5.74, 6) is 0.497. The zero-order chi connectivity index (χ0) is 11.7. The molecule has 0 aromatic heterocycles. The molecule has 0 amide bonds. The first-order valence-corrected chi connectivity index (χ1v) is 6.34. The number of rotatable bonds is 2. The van der Waals surface area contributed by atoms with E-state index in [0.29, 0.717) is 12.5 Å². The van der Waals surface area contributed by atoms with Crippen molar-refractivity contribution in [3.8, 4) is 0 Å². The summed E-state index contributed by atoms with van der Waals surface area (Å²) in [5, 5.41) is 2.58. The highest BCUT2D eigenvalue weighted by Gasteiger charge is 2.11. The third-order valence-corrected chi connectivity index (χ3v) is 3.63. The Morgan fingerprint density at radius 1 is 1.12 bits per heavy atom. The van der Waals surface area contributed by atoms with Gasteiger partial charge in [-0.25, -0.2) is 0 Å². The van der Waals surface area contributed by atoms with E-state index in [4.69, 9.17) is 5.73 Å². The molecule has 0 fully saturated rings. The lowest BCUT2D eigenvalue weighted by molar-refractivity contribution is 0.850. The summed E-state index contributed by atoms with van der Waals surface area (Å²) in [6, 6.07) is 10.6. The molecule has 0 saturated heterocycles. The minimum Gasteiger partial charge on any atom is -0.326 e. The van der Waals surface area contributed by atoms with Crippen LogP contribution in [-0.2, 0) is 6.54 Å². The molecular formula is C14H16BrN. The molecule has 1 nitrogen and oxygen atoms in total. The third-order valence-electron chi connectivity index (χ3n) is 2.94. The fraction of sp³-hybridized carbons (Fsp3) is 0.286. The van der Waals surface area contributed by atoms with Crippen molar-refractivity contribution in [1.29, 1.82) is 0 Å². The summed E-state index contributed by atoms with van der Waals surface area (Å²) in [4.78, 5) is 0. The van der Waals surface area contributed by atoms with Gasteiger partial charge in [0, 0.05) is 11.0 Å². The molecule has 0 unspecified atom stereocenters. The van der Waals surface area contributed by atoms with Crippen LogP contribution in [0.5, 0.6) is 0 Å². The zero-order valence-electron chi connectivity index (χ0n) is 9.63. The number of fused-ring (bicyclic) bond motifs is 1. The molecule has 0 aliphatic rings. The molecular weight excluding hydrogens is 262 g/mol. The molecule has 2 N–H and O–H groups in total. The summed E-state index contributed by atoms with van der Waals surface area (Å²) in [7, 11) is 0. The molecule has 0 aliphatic heterocycles. The van der Waals surface area contributed by atoms with E-state index in [-0.39, 0.29) is 0 Å². The van der Waals surface area contributed by atoms with Crippen molar-refractivity contribution >= 4 is 26.7 Å². The van der Waals surface area contributed by atoms with Gasteiger partial charge in [-0.2, -0.15) is 0 Å². The van der Waals surface area contributed by atoms with Crippen LogP contribution in [0.2, 0.25) is 0 Å². The smallest absolute Gasteiger partial charge is 0.0253 e. The Bertz CT molecular complexity index is 517.